The van der Waals surface area contributed by atoms with Gasteiger partial charge in [-0.05, 0) is 54.1 Å². The number of nitrogens with zero attached hydrogens (tertiary/aromatic N) is 2. The zero-order valence-corrected chi connectivity index (χ0v) is 20.0. The Hall–Kier alpha value is -4.14. The van der Waals surface area contributed by atoms with Gasteiger partial charge in [0.05, 0.1) is 30.8 Å². The van der Waals surface area contributed by atoms with E-state index < -0.39 is 53.7 Å². The number of carbonyl (C=O) groups excluding carboxylic acids is 2. The first-order chi connectivity index (χ1) is 18.0. The van der Waals surface area contributed by atoms with Gasteiger partial charge in [0, 0.05) is 33.0 Å². The van der Waals surface area contributed by atoms with Crippen molar-refractivity contribution in [3.8, 4) is 6.07 Å². The third-order valence-corrected chi connectivity index (χ3v) is 6.91. The molecule has 0 aliphatic carbocycles. The zero-order valence-electron chi connectivity index (χ0n) is 19.2. The molecule has 0 fully saturated rings. The molecular formula is C26H17ClF4N4O3. The van der Waals surface area contributed by atoms with Crippen LogP contribution in [-0.4, -0.2) is 30.0 Å². The molecule has 1 unspecified atom stereocenters. The van der Waals surface area contributed by atoms with E-state index in [1.807, 2.05) is 6.07 Å². The Kier molecular flexibility index (Phi) is 6.25. The number of rotatable bonds is 4. The lowest BCUT2D eigenvalue weighted by Crippen LogP contribution is -2.43. The van der Waals surface area contributed by atoms with Gasteiger partial charge in [-0.25, -0.2) is 22.4 Å². The van der Waals surface area contributed by atoms with Crippen molar-refractivity contribution in [3.63, 3.8) is 0 Å². The van der Waals surface area contributed by atoms with Crippen LogP contribution in [0.1, 0.15) is 38.7 Å². The summed E-state index contributed by atoms with van der Waals surface area (Å²) in [5, 5.41) is 25.2. The largest absolute Gasteiger partial charge is 0.377 e. The molecule has 2 atom stereocenters. The van der Waals surface area contributed by atoms with Gasteiger partial charge < -0.3 is 15.7 Å². The van der Waals surface area contributed by atoms with Crippen molar-refractivity contribution in [3.05, 3.63) is 93.0 Å². The molecular weight excluding hydrogens is 528 g/mol. The Balaban J connectivity index is 1.59. The summed E-state index contributed by atoms with van der Waals surface area (Å²) in [6, 6.07) is 9.28. The maximum absolute atomic E-state index is 14.1. The Morgan fingerprint density at radius 2 is 1.92 bits per heavy atom. The van der Waals surface area contributed by atoms with Crippen LogP contribution in [0.2, 0.25) is 5.02 Å². The lowest BCUT2D eigenvalue weighted by Gasteiger charge is -2.24. The quantitative estimate of drug-likeness (QED) is 0.401. The monoisotopic (exact) mass is 544 g/mol. The van der Waals surface area contributed by atoms with Crippen molar-refractivity contribution in [1.82, 2.24) is 5.32 Å². The van der Waals surface area contributed by atoms with Crippen molar-refractivity contribution in [2.24, 2.45) is 0 Å². The molecule has 0 aromatic heterocycles. The number of hydrogen-bond donors (Lipinski definition) is 3. The van der Waals surface area contributed by atoms with E-state index >= 15 is 0 Å². The number of benzene rings is 3. The molecule has 0 bridgehead atoms. The smallest absolute Gasteiger partial charge is 0.326 e. The molecule has 2 aliphatic rings. The fraction of sp³-hybridized carbons (Fsp3) is 0.192. The lowest BCUT2D eigenvalue weighted by molar-refractivity contribution is -0.0892. The van der Waals surface area contributed by atoms with E-state index in [2.05, 4.69) is 10.6 Å². The molecule has 0 saturated carbocycles. The highest BCUT2D eigenvalue weighted by Gasteiger charge is 2.50. The van der Waals surface area contributed by atoms with Crippen molar-refractivity contribution < 1.29 is 32.3 Å². The van der Waals surface area contributed by atoms with E-state index in [4.69, 9.17) is 11.6 Å². The highest BCUT2D eigenvalue weighted by atomic mass is 35.5. The number of anilines is 2. The summed E-state index contributed by atoms with van der Waals surface area (Å²) >= 11 is 6.28. The number of alkyl halides is 2. The van der Waals surface area contributed by atoms with E-state index in [-0.39, 0.29) is 39.5 Å². The van der Waals surface area contributed by atoms with Gasteiger partial charge >= 0.3 is 6.03 Å². The van der Waals surface area contributed by atoms with E-state index in [0.29, 0.717) is 5.56 Å². The predicted molar refractivity (Wildman–Crippen MR) is 129 cm³/mol. The van der Waals surface area contributed by atoms with E-state index in [1.165, 1.54) is 18.2 Å². The van der Waals surface area contributed by atoms with Gasteiger partial charge in [-0.15, -0.1) is 0 Å². The Labute approximate surface area is 218 Å². The maximum Gasteiger partial charge on any atom is 0.326 e. The average Bonchev–Trinajstić information content (AvgIpc) is 3.36. The second kappa shape index (κ2) is 9.31. The molecule has 3 aromatic carbocycles. The number of aliphatic hydroxyl groups is 1. The van der Waals surface area contributed by atoms with Crippen LogP contribution in [0.3, 0.4) is 0 Å². The fourth-order valence-corrected chi connectivity index (χ4v) is 5.04. The summed E-state index contributed by atoms with van der Waals surface area (Å²) in [6.07, 6.45) is -3.45. The molecule has 194 valence electrons. The number of carbonyl (C=O) groups is 2. The molecule has 0 spiro atoms. The number of β-amino-alcohol motifs (C(OH)–C–C–N with tert-alkyl or cyclic N) is 1. The Morgan fingerprint density at radius 1 is 1.21 bits per heavy atom. The van der Waals surface area contributed by atoms with Gasteiger partial charge in [-0.2, -0.15) is 5.26 Å². The number of nitriles is 1. The van der Waals surface area contributed by atoms with E-state index in [9.17, 15) is 37.5 Å². The lowest BCUT2D eigenvalue weighted by atomic mass is 9.94. The minimum absolute atomic E-state index is 0.0394. The number of hydrogen-bond acceptors (Lipinski definition) is 4. The molecule has 2 aliphatic heterocycles. The zero-order chi connectivity index (χ0) is 27.4. The predicted octanol–water partition coefficient (Wildman–Crippen LogP) is 5.02. The highest BCUT2D eigenvalue weighted by Crippen LogP contribution is 2.44. The molecule has 2 heterocycles. The van der Waals surface area contributed by atoms with Crippen LogP contribution in [0.4, 0.5) is 33.7 Å². The summed E-state index contributed by atoms with van der Waals surface area (Å²) in [5.41, 5.74) is -2.45. The van der Waals surface area contributed by atoms with Gasteiger partial charge in [0.1, 0.15) is 11.6 Å². The molecule has 3 amide bonds. The number of nitrogens with one attached hydrogen (secondary N) is 2. The highest BCUT2D eigenvalue weighted by molar-refractivity contribution is 6.31. The second-order valence-corrected chi connectivity index (χ2v) is 9.32. The first-order valence-electron chi connectivity index (χ1n) is 11.2. The molecule has 12 heteroatoms. The first-order valence-corrected chi connectivity index (χ1v) is 11.6. The van der Waals surface area contributed by atoms with Crippen LogP contribution in [0.25, 0.3) is 0 Å². The van der Waals surface area contributed by atoms with E-state index in [0.717, 1.165) is 35.2 Å². The third kappa shape index (κ3) is 4.12. The van der Waals surface area contributed by atoms with Gasteiger partial charge in [0.25, 0.3) is 12.3 Å². The molecule has 38 heavy (non-hydrogen) atoms. The molecule has 3 N–H and O–H groups in total. The Bertz CT molecular complexity index is 1540. The van der Waals surface area contributed by atoms with Crippen molar-refractivity contribution >= 4 is 34.9 Å². The fourth-order valence-electron chi connectivity index (χ4n) is 4.81. The Morgan fingerprint density at radius 3 is 2.63 bits per heavy atom. The normalized spacial score (nSPS) is 19.7. The van der Waals surface area contributed by atoms with Crippen molar-refractivity contribution in [2.45, 2.75) is 24.5 Å². The van der Waals surface area contributed by atoms with Gasteiger partial charge in [-0.3, -0.25) is 9.69 Å². The number of urea groups is 1. The molecule has 5 rings (SSSR count). The molecule has 0 radical (unpaired) electrons. The van der Waals surface area contributed by atoms with Gasteiger partial charge in [0.15, 0.2) is 5.60 Å². The minimum atomic E-state index is -3.33. The average molecular weight is 545 g/mol. The molecule has 3 aromatic rings. The van der Waals surface area contributed by atoms with Crippen LogP contribution in [0.5, 0.6) is 0 Å². The number of fused-ring (bicyclic) bond motifs is 2. The summed E-state index contributed by atoms with van der Waals surface area (Å²) in [5.74, 6) is -2.05. The maximum atomic E-state index is 14.1. The van der Waals surface area contributed by atoms with Crippen LogP contribution < -0.4 is 15.5 Å². The number of halogens is 5. The summed E-state index contributed by atoms with van der Waals surface area (Å²) < 4.78 is 55.5. The topological polar surface area (TPSA) is 105 Å². The molecule has 0 saturated heterocycles. The third-order valence-electron chi connectivity index (χ3n) is 6.56. The molecule has 7 nitrogen and oxygen atoms in total. The second-order valence-electron chi connectivity index (χ2n) is 8.91. The minimum Gasteiger partial charge on any atom is -0.377 e. The standard InChI is InChI=1S/C26H17ClF4N4O3/c27-18-3-1-13(28)9-15(18)22-21-16(23(36)34-22)7-12(5-6-32)8-19(21)33-25(37)35-11-26(38,24(30)31)17-10-14(29)2-4-20(17)35/h1-4,7-10,22,24,38H,5,11H2,(H,33,37)(H,34,36)/t22-,26?/m0/s1. The van der Waals surface area contributed by atoms with Crippen LogP contribution in [0, 0.1) is 23.0 Å². The van der Waals surface area contributed by atoms with Crippen LogP contribution >= 0.6 is 11.6 Å². The van der Waals surface area contributed by atoms with Crippen molar-refractivity contribution in [2.75, 3.05) is 16.8 Å². The first kappa shape index (κ1) is 25.5. The summed E-state index contributed by atoms with van der Waals surface area (Å²) in [7, 11) is 0. The summed E-state index contributed by atoms with van der Waals surface area (Å²) in [4.78, 5) is 27.1. The summed E-state index contributed by atoms with van der Waals surface area (Å²) in [6.45, 7) is -0.869. The van der Waals surface area contributed by atoms with E-state index in [1.54, 1.807) is 0 Å². The van der Waals surface area contributed by atoms with Crippen LogP contribution in [0.15, 0.2) is 48.5 Å². The van der Waals surface area contributed by atoms with Crippen LogP contribution in [-0.2, 0) is 12.0 Å². The number of amides is 3. The van der Waals surface area contributed by atoms with Gasteiger partial charge in [0.2, 0.25) is 0 Å². The SMILES string of the molecule is N#CCc1cc(NC(=O)N2CC(O)(C(F)F)c3cc(F)ccc32)c2c(c1)C(=O)N[C@H]2c1cc(F)ccc1Cl. The van der Waals surface area contributed by atoms with Crippen molar-refractivity contribution in [1.29, 1.82) is 5.26 Å². The van der Waals surface area contributed by atoms with Gasteiger partial charge in [-0.1, -0.05) is 11.6 Å².